The Bertz CT molecular complexity index is 637. The van der Waals surface area contributed by atoms with Crippen molar-refractivity contribution in [3.63, 3.8) is 0 Å². The van der Waals surface area contributed by atoms with Gasteiger partial charge in [-0.2, -0.15) is 0 Å². The lowest BCUT2D eigenvalue weighted by Gasteiger charge is -2.13. The monoisotopic (exact) mass is 327 g/mol. The molecule has 24 heavy (non-hydrogen) atoms. The van der Waals surface area contributed by atoms with E-state index >= 15 is 0 Å². The van der Waals surface area contributed by atoms with Crippen molar-refractivity contribution in [1.82, 2.24) is 10.2 Å². The Morgan fingerprint density at radius 2 is 1.79 bits per heavy atom. The Morgan fingerprint density at radius 1 is 1.04 bits per heavy atom. The van der Waals surface area contributed by atoms with Crippen LogP contribution in [0.2, 0.25) is 0 Å². The summed E-state index contributed by atoms with van der Waals surface area (Å²) in [6.07, 6.45) is 3.47. The maximum Gasteiger partial charge on any atom is 0.276 e. The van der Waals surface area contributed by atoms with E-state index in [4.69, 9.17) is 0 Å². The third-order valence-electron chi connectivity index (χ3n) is 3.63. The average Bonchev–Trinajstić information content (AvgIpc) is 2.59. The number of rotatable bonds is 8. The first-order valence-corrected chi connectivity index (χ1v) is 8.26. The maximum atomic E-state index is 12.2. The molecule has 0 fully saturated rings. The number of anilines is 3. The second-order valence-corrected chi connectivity index (χ2v) is 5.83. The number of aromatic nitrogens is 2. The van der Waals surface area contributed by atoms with Crippen molar-refractivity contribution in [2.24, 2.45) is 0 Å². The van der Waals surface area contributed by atoms with Crippen LogP contribution in [0.3, 0.4) is 0 Å². The summed E-state index contributed by atoms with van der Waals surface area (Å²) in [7, 11) is 3.95. The fourth-order valence-electron chi connectivity index (χ4n) is 2.18. The molecule has 0 aliphatic carbocycles. The Labute approximate surface area is 143 Å². The topological polar surface area (TPSA) is 70.2 Å². The number of carbonyl (C=O) groups excluding carboxylic acids is 1. The lowest BCUT2D eigenvalue weighted by Crippen LogP contribution is -2.15. The molecule has 1 heterocycles. The first-order chi connectivity index (χ1) is 11.6. The second kappa shape index (κ2) is 8.86. The first-order valence-electron chi connectivity index (χ1n) is 8.26. The molecule has 1 aromatic carbocycles. The van der Waals surface area contributed by atoms with E-state index in [1.54, 1.807) is 12.1 Å². The number of carbonyl (C=O) groups is 1. The molecule has 0 aliphatic rings. The van der Waals surface area contributed by atoms with Crippen molar-refractivity contribution in [2.75, 3.05) is 36.2 Å². The van der Waals surface area contributed by atoms with Crippen LogP contribution in [0, 0.1) is 0 Å². The summed E-state index contributed by atoms with van der Waals surface area (Å²) in [6, 6.07) is 11.1. The zero-order valence-corrected chi connectivity index (χ0v) is 14.5. The number of amides is 1. The molecule has 0 spiro atoms. The lowest BCUT2D eigenvalue weighted by molar-refractivity contribution is 0.102. The van der Waals surface area contributed by atoms with E-state index in [1.807, 2.05) is 43.3 Å². The van der Waals surface area contributed by atoms with E-state index in [0.29, 0.717) is 11.5 Å². The molecule has 0 unspecified atom stereocenters. The Morgan fingerprint density at radius 3 is 2.38 bits per heavy atom. The van der Waals surface area contributed by atoms with Crippen LogP contribution in [0.5, 0.6) is 0 Å². The van der Waals surface area contributed by atoms with Crippen LogP contribution >= 0.6 is 0 Å². The Hall–Kier alpha value is -2.63. The number of nitrogens with one attached hydrogen (secondary N) is 2. The van der Waals surface area contributed by atoms with Crippen LogP contribution in [0.1, 0.15) is 36.7 Å². The number of nitrogens with zero attached hydrogens (tertiary/aromatic N) is 3. The van der Waals surface area contributed by atoms with Crippen LogP contribution in [0.15, 0.2) is 36.4 Å². The van der Waals surface area contributed by atoms with Gasteiger partial charge in [-0.05, 0) is 42.8 Å². The summed E-state index contributed by atoms with van der Waals surface area (Å²) in [5.74, 6) is 0.427. The maximum absolute atomic E-state index is 12.2. The molecule has 2 N–H and O–H groups in total. The second-order valence-electron chi connectivity index (χ2n) is 5.83. The number of benzene rings is 1. The van der Waals surface area contributed by atoms with Crippen molar-refractivity contribution in [3.8, 4) is 0 Å². The van der Waals surface area contributed by atoms with Gasteiger partial charge in [0.25, 0.3) is 5.91 Å². The quantitative estimate of drug-likeness (QED) is 0.727. The van der Waals surface area contributed by atoms with Gasteiger partial charge in [-0.3, -0.25) is 4.79 Å². The molecule has 0 atom stereocenters. The molecule has 1 aromatic heterocycles. The zero-order chi connectivity index (χ0) is 17.4. The van der Waals surface area contributed by atoms with E-state index < -0.39 is 0 Å². The van der Waals surface area contributed by atoms with Gasteiger partial charge in [0.1, 0.15) is 5.82 Å². The van der Waals surface area contributed by atoms with E-state index in [-0.39, 0.29) is 5.91 Å². The van der Waals surface area contributed by atoms with E-state index in [0.717, 1.165) is 24.3 Å². The summed E-state index contributed by atoms with van der Waals surface area (Å²) >= 11 is 0. The van der Waals surface area contributed by atoms with Crippen LogP contribution in [-0.2, 0) is 0 Å². The summed E-state index contributed by atoms with van der Waals surface area (Å²) in [4.78, 5) is 14.2. The number of hydrogen-bond acceptors (Lipinski definition) is 5. The van der Waals surface area contributed by atoms with Gasteiger partial charge >= 0.3 is 0 Å². The highest BCUT2D eigenvalue weighted by molar-refractivity contribution is 6.02. The molecule has 6 heteroatoms. The van der Waals surface area contributed by atoms with Gasteiger partial charge in [0, 0.05) is 32.0 Å². The highest BCUT2D eigenvalue weighted by Crippen LogP contribution is 2.16. The minimum atomic E-state index is -0.266. The molecule has 0 aliphatic heterocycles. The lowest BCUT2D eigenvalue weighted by atomic mass is 10.2. The minimum absolute atomic E-state index is 0.266. The molecule has 1 amide bonds. The van der Waals surface area contributed by atoms with Crippen LogP contribution in [-0.4, -0.2) is 36.7 Å². The predicted molar refractivity (Wildman–Crippen MR) is 98.8 cm³/mol. The SMILES string of the molecule is CCCCCNc1ccc(C(=O)Nc2ccc(N(C)C)cc2)nn1. The molecular weight excluding hydrogens is 302 g/mol. The Balaban J connectivity index is 1.90. The highest BCUT2D eigenvalue weighted by Gasteiger charge is 2.09. The minimum Gasteiger partial charge on any atom is -0.378 e. The van der Waals surface area contributed by atoms with Crippen LogP contribution in [0.4, 0.5) is 17.2 Å². The van der Waals surface area contributed by atoms with Gasteiger partial charge in [-0.25, -0.2) is 0 Å². The van der Waals surface area contributed by atoms with E-state index in [2.05, 4.69) is 27.8 Å². The molecule has 0 saturated heterocycles. The van der Waals surface area contributed by atoms with Crippen molar-refractivity contribution >= 4 is 23.1 Å². The van der Waals surface area contributed by atoms with Gasteiger partial charge in [-0.1, -0.05) is 19.8 Å². The molecular formula is C18H25N5O. The van der Waals surface area contributed by atoms with Gasteiger partial charge in [0.2, 0.25) is 0 Å². The van der Waals surface area contributed by atoms with Gasteiger partial charge < -0.3 is 15.5 Å². The summed E-state index contributed by atoms with van der Waals surface area (Å²) in [5.41, 5.74) is 2.10. The molecule has 6 nitrogen and oxygen atoms in total. The normalized spacial score (nSPS) is 10.3. The predicted octanol–water partition coefficient (Wildman–Crippen LogP) is 3.40. The standard InChI is InChI=1S/C18H25N5O/c1-4-5-6-13-19-17-12-11-16(21-22-17)18(24)20-14-7-9-15(10-8-14)23(2)3/h7-12H,4-6,13H2,1-3H3,(H,19,22)(H,20,24). The van der Waals surface area contributed by atoms with Crippen molar-refractivity contribution < 1.29 is 4.79 Å². The van der Waals surface area contributed by atoms with Gasteiger partial charge in [0.15, 0.2) is 5.69 Å². The summed E-state index contributed by atoms with van der Waals surface area (Å²) in [5, 5.41) is 14.1. The third-order valence-corrected chi connectivity index (χ3v) is 3.63. The number of unbranched alkanes of at least 4 members (excludes halogenated alkanes) is 2. The average molecular weight is 327 g/mol. The van der Waals surface area contributed by atoms with Crippen LogP contribution in [0.25, 0.3) is 0 Å². The number of hydrogen-bond donors (Lipinski definition) is 2. The third kappa shape index (κ3) is 5.22. The highest BCUT2D eigenvalue weighted by atomic mass is 16.1. The fraction of sp³-hybridized carbons (Fsp3) is 0.389. The molecule has 0 bridgehead atoms. The Kier molecular flexibility index (Phi) is 6.54. The molecule has 128 valence electrons. The summed E-state index contributed by atoms with van der Waals surface area (Å²) in [6.45, 7) is 3.04. The largest absolute Gasteiger partial charge is 0.378 e. The molecule has 0 radical (unpaired) electrons. The fourth-order valence-corrected chi connectivity index (χ4v) is 2.18. The van der Waals surface area contributed by atoms with E-state index in [1.165, 1.54) is 12.8 Å². The zero-order valence-electron chi connectivity index (χ0n) is 14.5. The summed E-state index contributed by atoms with van der Waals surface area (Å²) < 4.78 is 0. The van der Waals surface area contributed by atoms with Crippen molar-refractivity contribution in [1.29, 1.82) is 0 Å². The van der Waals surface area contributed by atoms with E-state index in [9.17, 15) is 4.79 Å². The first kappa shape index (κ1) is 17.7. The van der Waals surface area contributed by atoms with Gasteiger partial charge in [0.05, 0.1) is 0 Å². The molecule has 2 rings (SSSR count). The molecule has 0 saturated carbocycles. The van der Waals surface area contributed by atoms with Gasteiger partial charge in [-0.15, -0.1) is 10.2 Å². The smallest absolute Gasteiger partial charge is 0.276 e. The van der Waals surface area contributed by atoms with Crippen molar-refractivity contribution in [3.05, 3.63) is 42.1 Å². The van der Waals surface area contributed by atoms with Crippen molar-refractivity contribution in [2.45, 2.75) is 26.2 Å². The van der Waals surface area contributed by atoms with Crippen LogP contribution < -0.4 is 15.5 Å². The molecule has 2 aromatic rings.